The molecule has 0 fully saturated rings. The molecule has 2 N–H and O–H groups in total. The monoisotopic (exact) mass is 440 g/mol. The lowest BCUT2D eigenvalue weighted by Gasteiger charge is -2.25. The number of hydrogen-bond acceptors (Lipinski definition) is 5. The van der Waals surface area contributed by atoms with Crippen molar-refractivity contribution in [2.24, 2.45) is 0 Å². The summed E-state index contributed by atoms with van der Waals surface area (Å²) < 4.78 is 6.10. The van der Waals surface area contributed by atoms with Crippen LogP contribution in [-0.2, 0) is 31.3 Å². The Bertz CT molecular complexity index is 957. The number of amides is 1. The van der Waals surface area contributed by atoms with Gasteiger partial charge in [-0.2, -0.15) is 0 Å². The van der Waals surface area contributed by atoms with Gasteiger partial charge < -0.3 is 29.5 Å². The Morgan fingerprint density at radius 1 is 1.09 bits per heavy atom. The number of ether oxygens (including phenoxy) is 1. The van der Waals surface area contributed by atoms with E-state index < -0.39 is 17.5 Å². The van der Waals surface area contributed by atoms with Crippen LogP contribution >= 0.6 is 0 Å². The molecule has 1 amide bonds. The van der Waals surface area contributed by atoms with Crippen LogP contribution in [0.2, 0.25) is 0 Å². The summed E-state index contributed by atoms with van der Waals surface area (Å²) in [7, 11) is 4.16. The minimum atomic E-state index is -1.51. The van der Waals surface area contributed by atoms with Gasteiger partial charge in [-0.05, 0) is 24.6 Å². The highest BCUT2D eigenvalue weighted by molar-refractivity contribution is 6.06. The quantitative estimate of drug-likeness (QED) is 0.559. The van der Waals surface area contributed by atoms with Gasteiger partial charge in [-0.3, -0.25) is 4.79 Å². The van der Waals surface area contributed by atoms with Gasteiger partial charge in [0.25, 0.3) is 5.91 Å². The summed E-state index contributed by atoms with van der Waals surface area (Å²) in [6, 6.07) is 18.0. The molecule has 32 heavy (non-hydrogen) atoms. The first-order valence-electron chi connectivity index (χ1n) is 10.2. The maximum atomic E-state index is 13.2. The minimum absolute atomic E-state index is 0.0151. The topological polar surface area (TPSA) is 111 Å². The summed E-state index contributed by atoms with van der Waals surface area (Å²) in [5.74, 6) is -2.79. The number of quaternary nitrogens is 1. The Kier molecular flexibility index (Phi) is 8.69. The summed E-state index contributed by atoms with van der Waals surface area (Å²) >= 11 is 0. The lowest BCUT2D eigenvalue weighted by atomic mass is 9.97. The van der Waals surface area contributed by atoms with Crippen LogP contribution in [0.5, 0.6) is 0 Å². The van der Waals surface area contributed by atoms with E-state index in [4.69, 9.17) is 9.84 Å². The molecule has 3 rings (SSSR count). The third kappa shape index (κ3) is 6.50. The molecule has 1 unspecified atom stereocenters. The van der Waals surface area contributed by atoms with Crippen molar-refractivity contribution in [3.05, 3.63) is 77.9 Å². The molecule has 0 aromatic heterocycles. The zero-order valence-electron chi connectivity index (χ0n) is 18.4. The number of rotatable bonds is 8. The van der Waals surface area contributed by atoms with E-state index >= 15 is 0 Å². The smallest absolute Gasteiger partial charge is 0.328 e. The second-order valence-corrected chi connectivity index (χ2v) is 7.72. The van der Waals surface area contributed by atoms with E-state index in [0.29, 0.717) is 25.3 Å². The van der Waals surface area contributed by atoms with Crippen LogP contribution in [0.1, 0.15) is 18.1 Å². The number of para-hydroxylation sites is 1. The summed E-state index contributed by atoms with van der Waals surface area (Å²) in [5.41, 5.74) is 2.12. The first-order valence-corrected chi connectivity index (χ1v) is 10.2. The number of likely N-dealkylation sites (N-methyl/N-ethyl adjacent to an activating group) is 1. The van der Waals surface area contributed by atoms with E-state index in [1.165, 1.54) is 4.90 Å². The first-order chi connectivity index (χ1) is 15.1. The highest BCUT2D eigenvalue weighted by Crippen LogP contribution is 2.43. The highest BCUT2D eigenvalue weighted by Gasteiger charge is 2.48. The number of carbonyl (C=O) groups is 3. The maximum absolute atomic E-state index is 13.2. The van der Waals surface area contributed by atoms with Gasteiger partial charge in [0.15, 0.2) is 5.60 Å². The highest BCUT2D eigenvalue weighted by atomic mass is 16.5. The van der Waals surface area contributed by atoms with E-state index in [1.54, 1.807) is 0 Å². The summed E-state index contributed by atoms with van der Waals surface area (Å²) in [6.45, 7) is 3.88. The summed E-state index contributed by atoms with van der Waals surface area (Å²) in [5, 5.41) is 17.2. The van der Waals surface area contributed by atoms with Gasteiger partial charge in [0, 0.05) is 11.6 Å². The molecule has 1 atom stereocenters. The molecule has 0 saturated heterocycles. The van der Waals surface area contributed by atoms with Gasteiger partial charge in [0.05, 0.1) is 38.9 Å². The molecule has 8 heteroatoms. The predicted octanol–water partition coefficient (Wildman–Crippen LogP) is -0.0132. The standard InChI is InChI=1S/C20H24N2O2.C4H4O4/c1-20(24-14-13-21(2)3)17-11-7-8-12-18(17)22(19(20)23)15-16-9-5-4-6-10-16;5-3(6)1-2-4(7)8/h4-12H,13-15H2,1-3H3;1-2H,(H,5,6)(H,7,8)/b;2-1-. The molecule has 2 aromatic carbocycles. The van der Waals surface area contributed by atoms with Gasteiger partial charge in [0.2, 0.25) is 0 Å². The fourth-order valence-corrected chi connectivity index (χ4v) is 3.26. The Morgan fingerprint density at radius 2 is 1.72 bits per heavy atom. The second kappa shape index (κ2) is 11.2. The van der Waals surface area contributed by atoms with E-state index in [-0.39, 0.29) is 5.91 Å². The maximum Gasteiger partial charge on any atom is 0.328 e. The lowest BCUT2D eigenvalue weighted by Crippen LogP contribution is -3.06. The van der Waals surface area contributed by atoms with Crippen molar-refractivity contribution in [2.45, 2.75) is 19.1 Å². The van der Waals surface area contributed by atoms with Crippen LogP contribution in [-0.4, -0.2) is 50.2 Å². The third-order valence-corrected chi connectivity index (χ3v) is 4.90. The van der Waals surface area contributed by atoms with Crippen molar-refractivity contribution in [3.8, 4) is 0 Å². The molecule has 0 aliphatic carbocycles. The zero-order valence-corrected chi connectivity index (χ0v) is 18.4. The second-order valence-electron chi connectivity index (χ2n) is 7.72. The average molecular weight is 440 g/mol. The number of carboxylic acid groups (broad SMARTS) is 2. The summed E-state index contributed by atoms with van der Waals surface area (Å²) in [6.07, 6.45) is 0.942. The minimum Gasteiger partial charge on any atom is -0.545 e. The van der Waals surface area contributed by atoms with Crippen molar-refractivity contribution in [3.63, 3.8) is 0 Å². The number of carboxylic acids is 2. The first kappa shape index (κ1) is 24.8. The number of aliphatic carboxylic acids is 2. The number of hydrogen-bond donors (Lipinski definition) is 2. The Balaban J connectivity index is 0.000000390. The van der Waals surface area contributed by atoms with Gasteiger partial charge in [-0.1, -0.05) is 48.5 Å². The summed E-state index contributed by atoms with van der Waals surface area (Å²) in [4.78, 5) is 35.3. The van der Waals surface area contributed by atoms with E-state index in [2.05, 4.69) is 14.1 Å². The van der Waals surface area contributed by atoms with Crippen molar-refractivity contribution in [1.82, 2.24) is 0 Å². The van der Waals surface area contributed by atoms with E-state index in [1.807, 2.05) is 66.4 Å². The normalized spacial score (nSPS) is 17.2. The van der Waals surface area contributed by atoms with Crippen LogP contribution < -0.4 is 14.9 Å². The molecular weight excluding hydrogens is 412 g/mol. The number of anilines is 1. The van der Waals surface area contributed by atoms with E-state index in [0.717, 1.165) is 23.4 Å². The average Bonchev–Trinajstić information content (AvgIpc) is 2.95. The fourth-order valence-electron chi connectivity index (χ4n) is 3.26. The van der Waals surface area contributed by atoms with Crippen LogP contribution in [0, 0.1) is 0 Å². The third-order valence-electron chi connectivity index (χ3n) is 4.90. The Labute approximate surface area is 187 Å². The number of carbonyl (C=O) groups excluding carboxylic acids is 2. The van der Waals surface area contributed by atoms with Crippen molar-refractivity contribution < 1.29 is 34.2 Å². The van der Waals surface area contributed by atoms with Crippen LogP contribution in [0.15, 0.2) is 66.7 Å². The molecule has 1 aliphatic rings. The van der Waals surface area contributed by atoms with Gasteiger partial charge in [-0.15, -0.1) is 0 Å². The lowest BCUT2D eigenvalue weighted by molar-refractivity contribution is -0.859. The van der Waals surface area contributed by atoms with Crippen molar-refractivity contribution in [2.75, 3.05) is 32.1 Å². The molecule has 8 nitrogen and oxygen atoms in total. The number of fused-ring (bicyclic) bond motifs is 1. The Morgan fingerprint density at radius 3 is 2.28 bits per heavy atom. The molecule has 170 valence electrons. The largest absolute Gasteiger partial charge is 0.545 e. The van der Waals surface area contributed by atoms with E-state index in [9.17, 15) is 19.5 Å². The molecule has 1 aliphatic heterocycles. The fraction of sp³-hybridized carbons (Fsp3) is 0.292. The van der Waals surface area contributed by atoms with Crippen molar-refractivity contribution in [1.29, 1.82) is 0 Å². The Hall–Kier alpha value is -3.49. The van der Waals surface area contributed by atoms with Gasteiger partial charge >= 0.3 is 5.97 Å². The number of benzene rings is 2. The SMILES string of the molecule is C[NH+](C)CCOC1(C)C(=O)N(Cc2ccccc2)c2ccccc21.O=C([O-])/C=C\C(=O)O. The molecule has 2 aromatic rings. The molecule has 1 heterocycles. The van der Waals surface area contributed by atoms with Crippen LogP contribution in [0.4, 0.5) is 5.69 Å². The molecular formula is C24H28N2O6. The van der Waals surface area contributed by atoms with Crippen LogP contribution in [0.3, 0.4) is 0 Å². The number of nitrogens with zero attached hydrogens (tertiary/aromatic N) is 1. The van der Waals surface area contributed by atoms with Crippen molar-refractivity contribution >= 4 is 23.5 Å². The molecule has 0 radical (unpaired) electrons. The zero-order chi connectivity index (χ0) is 23.7. The predicted molar refractivity (Wildman–Crippen MR) is 117 cm³/mol. The molecule has 0 spiro atoms. The molecule has 0 bridgehead atoms. The van der Waals surface area contributed by atoms with Gasteiger partial charge in [0.1, 0.15) is 6.54 Å². The molecule has 0 saturated carbocycles. The number of nitrogens with one attached hydrogen (secondary N) is 1. The van der Waals surface area contributed by atoms with Gasteiger partial charge in [-0.25, -0.2) is 4.79 Å². The van der Waals surface area contributed by atoms with Crippen LogP contribution in [0.25, 0.3) is 0 Å².